The van der Waals surface area contributed by atoms with Crippen LogP contribution < -0.4 is 5.32 Å². The Balaban J connectivity index is 4.29. The molecule has 0 radical (unpaired) electrons. The van der Waals surface area contributed by atoms with E-state index in [0.717, 1.165) is 0 Å². The van der Waals surface area contributed by atoms with Gasteiger partial charge in [-0.1, -0.05) is 0 Å². The standard InChI is InChI=1S/C8H17NO6/c1-2-9-8(15)7(14)6(13)5(12)4(11)3-10/h4-7,10-14H,2-3H2,1H3,(H,9,15). The molecule has 15 heavy (non-hydrogen) atoms. The summed E-state index contributed by atoms with van der Waals surface area (Å²) in [7, 11) is 0. The summed E-state index contributed by atoms with van der Waals surface area (Å²) in [6.45, 7) is 1.11. The van der Waals surface area contributed by atoms with Gasteiger partial charge in [0.2, 0.25) is 0 Å². The smallest absolute Gasteiger partial charge is 0.251 e. The maximum Gasteiger partial charge on any atom is 0.251 e. The molecule has 0 aliphatic carbocycles. The Labute approximate surface area is 87.0 Å². The second kappa shape index (κ2) is 6.70. The predicted octanol–water partition coefficient (Wildman–Crippen LogP) is -3.44. The van der Waals surface area contributed by atoms with Crippen LogP contribution in [0, 0.1) is 0 Å². The first kappa shape index (κ1) is 14.3. The number of aliphatic hydroxyl groups excluding tert-OH is 5. The number of rotatable bonds is 6. The molecule has 0 bridgehead atoms. The third-order valence-electron chi connectivity index (χ3n) is 1.87. The molecule has 1 amide bonds. The van der Waals surface area contributed by atoms with Crippen LogP contribution in [0.4, 0.5) is 0 Å². The molecule has 6 N–H and O–H groups in total. The van der Waals surface area contributed by atoms with Crippen LogP contribution in [-0.4, -0.2) is 69.0 Å². The number of carbonyl (C=O) groups is 1. The Kier molecular flexibility index (Phi) is 6.37. The highest BCUT2D eigenvalue weighted by Crippen LogP contribution is 2.05. The lowest BCUT2D eigenvalue weighted by Gasteiger charge is -2.24. The predicted molar refractivity (Wildman–Crippen MR) is 49.8 cm³/mol. The fourth-order valence-electron chi connectivity index (χ4n) is 0.956. The summed E-state index contributed by atoms with van der Waals surface area (Å²) in [5.41, 5.74) is 0. The van der Waals surface area contributed by atoms with Gasteiger partial charge in [0, 0.05) is 6.54 Å². The first-order valence-electron chi connectivity index (χ1n) is 4.56. The van der Waals surface area contributed by atoms with Crippen molar-refractivity contribution in [3.63, 3.8) is 0 Å². The lowest BCUT2D eigenvalue weighted by molar-refractivity contribution is -0.148. The maximum atomic E-state index is 11.0. The zero-order valence-electron chi connectivity index (χ0n) is 8.37. The molecular formula is C8H17NO6. The van der Waals surface area contributed by atoms with Gasteiger partial charge in [-0.25, -0.2) is 0 Å². The second-order valence-electron chi connectivity index (χ2n) is 3.07. The van der Waals surface area contributed by atoms with Gasteiger partial charge in [0.15, 0.2) is 6.10 Å². The Morgan fingerprint density at radius 2 is 1.73 bits per heavy atom. The number of aliphatic hydroxyl groups is 5. The van der Waals surface area contributed by atoms with E-state index in [1.54, 1.807) is 6.92 Å². The number of likely N-dealkylation sites (N-methyl/N-ethyl adjacent to an activating group) is 1. The molecule has 0 aliphatic heterocycles. The van der Waals surface area contributed by atoms with Crippen LogP contribution in [0.15, 0.2) is 0 Å². The second-order valence-corrected chi connectivity index (χ2v) is 3.07. The number of hydrogen-bond donors (Lipinski definition) is 6. The lowest BCUT2D eigenvalue weighted by atomic mass is 10.0. The van der Waals surface area contributed by atoms with Crippen molar-refractivity contribution in [2.24, 2.45) is 0 Å². The van der Waals surface area contributed by atoms with Gasteiger partial charge in [-0.3, -0.25) is 4.79 Å². The van der Waals surface area contributed by atoms with Crippen molar-refractivity contribution in [1.29, 1.82) is 0 Å². The zero-order chi connectivity index (χ0) is 12.0. The van der Waals surface area contributed by atoms with Crippen molar-refractivity contribution in [1.82, 2.24) is 5.32 Å². The third-order valence-corrected chi connectivity index (χ3v) is 1.87. The number of carbonyl (C=O) groups excluding carboxylic acids is 1. The summed E-state index contributed by atoms with van der Waals surface area (Å²) < 4.78 is 0. The molecule has 7 nitrogen and oxygen atoms in total. The van der Waals surface area contributed by atoms with E-state index < -0.39 is 36.9 Å². The Morgan fingerprint density at radius 3 is 2.13 bits per heavy atom. The van der Waals surface area contributed by atoms with Gasteiger partial charge in [-0.15, -0.1) is 0 Å². The summed E-state index contributed by atoms with van der Waals surface area (Å²) in [4.78, 5) is 11.0. The highest BCUT2D eigenvalue weighted by Gasteiger charge is 2.33. The summed E-state index contributed by atoms with van der Waals surface area (Å²) in [6.07, 6.45) is -7.09. The minimum atomic E-state index is -1.85. The normalized spacial score (nSPS) is 19.1. The van der Waals surface area contributed by atoms with Crippen LogP contribution in [0.2, 0.25) is 0 Å². The molecule has 0 heterocycles. The molecule has 90 valence electrons. The maximum absolute atomic E-state index is 11.0. The van der Waals surface area contributed by atoms with Crippen molar-refractivity contribution in [2.75, 3.05) is 13.2 Å². The van der Waals surface area contributed by atoms with E-state index in [0.29, 0.717) is 0 Å². The average molecular weight is 223 g/mol. The molecule has 0 aromatic heterocycles. The van der Waals surface area contributed by atoms with E-state index in [1.165, 1.54) is 0 Å². The highest BCUT2D eigenvalue weighted by atomic mass is 16.4. The molecule has 7 heteroatoms. The van der Waals surface area contributed by atoms with E-state index in [1.807, 2.05) is 0 Å². The van der Waals surface area contributed by atoms with Crippen molar-refractivity contribution in [2.45, 2.75) is 31.3 Å². The molecule has 0 aliphatic rings. The van der Waals surface area contributed by atoms with Crippen LogP contribution in [0.3, 0.4) is 0 Å². The molecule has 4 unspecified atom stereocenters. The molecule has 0 rings (SSSR count). The van der Waals surface area contributed by atoms with Gasteiger partial charge in [0.05, 0.1) is 6.61 Å². The molecule has 4 atom stereocenters. The average Bonchev–Trinajstić information content (AvgIpc) is 2.25. The first-order chi connectivity index (χ1) is 6.95. The Morgan fingerprint density at radius 1 is 1.20 bits per heavy atom. The minimum absolute atomic E-state index is 0.265. The first-order valence-corrected chi connectivity index (χ1v) is 4.56. The van der Waals surface area contributed by atoms with Gasteiger partial charge in [0.25, 0.3) is 5.91 Å². The molecule has 0 saturated heterocycles. The van der Waals surface area contributed by atoms with E-state index in [4.69, 9.17) is 10.2 Å². The molecule has 0 spiro atoms. The zero-order valence-corrected chi connectivity index (χ0v) is 8.37. The molecular weight excluding hydrogens is 206 g/mol. The van der Waals surface area contributed by atoms with E-state index >= 15 is 0 Å². The van der Waals surface area contributed by atoms with E-state index in [-0.39, 0.29) is 6.54 Å². The van der Waals surface area contributed by atoms with Crippen molar-refractivity contribution in [3.8, 4) is 0 Å². The largest absolute Gasteiger partial charge is 0.394 e. The van der Waals surface area contributed by atoms with Crippen LogP contribution in [-0.2, 0) is 4.79 Å². The minimum Gasteiger partial charge on any atom is -0.394 e. The van der Waals surface area contributed by atoms with Gasteiger partial charge in [-0.2, -0.15) is 0 Å². The number of nitrogens with one attached hydrogen (secondary N) is 1. The van der Waals surface area contributed by atoms with Crippen LogP contribution in [0.25, 0.3) is 0 Å². The van der Waals surface area contributed by atoms with Crippen LogP contribution in [0.1, 0.15) is 6.92 Å². The summed E-state index contributed by atoms with van der Waals surface area (Å²) in [6, 6.07) is 0. The quantitative estimate of drug-likeness (QED) is 0.278. The fraction of sp³-hybridized carbons (Fsp3) is 0.875. The topological polar surface area (TPSA) is 130 Å². The van der Waals surface area contributed by atoms with Crippen molar-refractivity contribution < 1.29 is 30.3 Å². The number of hydrogen-bond acceptors (Lipinski definition) is 6. The summed E-state index contributed by atoms with van der Waals surface area (Å²) in [5, 5.41) is 47.3. The van der Waals surface area contributed by atoms with E-state index in [9.17, 15) is 20.1 Å². The fourth-order valence-corrected chi connectivity index (χ4v) is 0.956. The van der Waals surface area contributed by atoms with Gasteiger partial charge in [-0.05, 0) is 6.92 Å². The third kappa shape index (κ3) is 4.10. The summed E-state index contributed by atoms with van der Waals surface area (Å²) in [5.74, 6) is -0.853. The van der Waals surface area contributed by atoms with Crippen molar-refractivity contribution >= 4 is 5.91 Å². The van der Waals surface area contributed by atoms with Crippen molar-refractivity contribution in [3.05, 3.63) is 0 Å². The van der Waals surface area contributed by atoms with Gasteiger partial charge >= 0.3 is 0 Å². The SMILES string of the molecule is CCNC(=O)C(O)C(O)C(O)C(O)CO. The highest BCUT2D eigenvalue weighted by molar-refractivity contribution is 5.81. The molecule has 0 aromatic rings. The summed E-state index contributed by atoms with van der Waals surface area (Å²) >= 11 is 0. The Bertz CT molecular complexity index is 200. The van der Waals surface area contributed by atoms with Crippen LogP contribution in [0.5, 0.6) is 0 Å². The van der Waals surface area contributed by atoms with Crippen LogP contribution >= 0.6 is 0 Å². The lowest BCUT2D eigenvalue weighted by Crippen LogP contribution is -2.51. The molecule has 0 fully saturated rings. The van der Waals surface area contributed by atoms with E-state index in [2.05, 4.69) is 5.32 Å². The number of amides is 1. The molecule has 0 saturated carbocycles. The Hall–Kier alpha value is -0.730. The van der Waals surface area contributed by atoms with Gasteiger partial charge in [0.1, 0.15) is 18.3 Å². The molecule has 0 aromatic carbocycles. The monoisotopic (exact) mass is 223 g/mol. The van der Waals surface area contributed by atoms with Gasteiger partial charge < -0.3 is 30.8 Å².